The molecule has 3 rings (SSSR count). The standard InChI is InChI=1S/C23H23NO4S/c1-2-29(26,27)22-14-13-20(19-11-7-4-8-12-19)15-21(22)16-24-23(25)28-17-18-9-5-3-6-10-18/h3-15H,2,16-17H2,1H3,(H,24,25). The van der Waals surface area contributed by atoms with Gasteiger partial charge in [-0.15, -0.1) is 0 Å². The topological polar surface area (TPSA) is 72.5 Å². The molecule has 3 aromatic carbocycles. The van der Waals surface area contributed by atoms with E-state index in [0.717, 1.165) is 16.7 Å². The molecule has 0 fully saturated rings. The smallest absolute Gasteiger partial charge is 0.407 e. The van der Waals surface area contributed by atoms with E-state index in [-0.39, 0.29) is 23.8 Å². The van der Waals surface area contributed by atoms with Crippen molar-refractivity contribution in [2.45, 2.75) is 25.0 Å². The van der Waals surface area contributed by atoms with Gasteiger partial charge in [-0.25, -0.2) is 13.2 Å². The monoisotopic (exact) mass is 409 g/mol. The third-order valence-corrected chi connectivity index (χ3v) is 6.35. The average Bonchev–Trinajstić information content (AvgIpc) is 2.77. The molecule has 1 N–H and O–H groups in total. The van der Waals surface area contributed by atoms with Crippen LogP contribution < -0.4 is 5.32 Å². The first-order valence-corrected chi connectivity index (χ1v) is 11.0. The van der Waals surface area contributed by atoms with E-state index < -0.39 is 15.9 Å². The van der Waals surface area contributed by atoms with Crippen LogP contribution in [0.3, 0.4) is 0 Å². The zero-order valence-electron chi connectivity index (χ0n) is 16.2. The molecule has 29 heavy (non-hydrogen) atoms. The van der Waals surface area contributed by atoms with E-state index in [4.69, 9.17) is 4.74 Å². The lowest BCUT2D eigenvalue weighted by atomic mass is 10.0. The molecule has 0 saturated carbocycles. The number of hydrogen-bond acceptors (Lipinski definition) is 4. The zero-order valence-corrected chi connectivity index (χ0v) is 17.0. The summed E-state index contributed by atoms with van der Waals surface area (Å²) >= 11 is 0. The van der Waals surface area contributed by atoms with E-state index in [0.29, 0.717) is 5.56 Å². The van der Waals surface area contributed by atoms with Gasteiger partial charge in [0.15, 0.2) is 9.84 Å². The van der Waals surface area contributed by atoms with Crippen LogP contribution in [0.4, 0.5) is 4.79 Å². The quantitative estimate of drug-likeness (QED) is 0.620. The van der Waals surface area contributed by atoms with Crippen molar-refractivity contribution in [3.8, 4) is 11.1 Å². The first-order valence-electron chi connectivity index (χ1n) is 9.35. The van der Waals surface area contributed by atoms with Crippen LogP contribution in [0.2, 0.25) is 0 Å². The molecule has 0 atom stereocenters. The summed E-state index contributed by atoms with van der Waals surface area (Å²) in [5.41, 5.74) is 3.27. The van der Waals surface area contributed by atoms with Gasteiger partial charge in [0.05, 0.1) is 10.6 Å². The SMILES string of the molecule is CCS(=O)(=O)c1ccc(-c2ccccc2)cc1CNC(=O)OCc1ccccc1. The van der Waals surface area contributed by atoms with E-state index in [1.807, 2.05) is 60.7 Å². The summed E-state index contributed by atoms with van der Waals surface area (Å²) in [7, 11) is -3.42. The van der Waals surface area contributed by atoms with Gasteiger partial charge < -0.3 is 10.1 Å². The van der Waals surface area contributed by atoms with E-state index in [9.17, 15) is 13.2 Å². The number of benzene rings is 3. The van der Waals surface area contributed by atoms with E-state index >= 15 is 0 Å². The summed E-state index contributed by atoms with van der Waals surface area (Å²) in [4.78, 5) is 12.3. The van der Waals surface area contributed by atoms with Crippen LogP contribution in [0, 0.1) is 0 Å². The Labute approximate surface area is 171 Å². The minimum Gasteiger partial charge on any atom is -0.445 e. The van der Waals surface area contributed by atoms with Crippen molar-refractivity contribution in [3.63, 3.8) is 0 Å². The average molecular weight is 410 g/mol. The summed E-state index contributed by atoms with van der Waals surface area (Å²) < 4.78 is 30.2. The number of carbonyl (C=O) groups excluding carboxylic acids is 1. The van der Waals surface area contributed by atoms with Crippen molar-refractivity contribution in [3.05, 3.63) is 90.0 Å². The highest BCUT2D eigenvalue weighted by Gasteiger charge is 2.18. The van der Waals surface area contributed by atoms with E-state index in [1.165, 1.54) is 0 Å². The second kappa shape index (κ2) is 9.39. The van der Waals surface area contributed by atoms with Crippen molar-refractivity contribution in [1.29, 1.82) is 0 Å². The maximum atomic E-state index is 12.5. The number of nitrogens with one attached hydrogen (secondary N) is 1. The first-order chi connectivity index (χ1) is 14.0. The predicted molar refractivity (Wildman–Crippen MR) is 113 cm³/mol. The molecule has 6 heteroatoms. The van der Waals surface area contributed by atoms with Gasteiger partial charge in [-0.1, -0.05) is 73.7 Å². The molecule has 5 nitrogen and oxygen atoms in total. The Morgan fingerprint density at radius 1 is 0.897 bits per heavy atom. The molecule has 1 amide bonds. The minimum absolute atomic E-state index is 0.0108. The molecular weight excluding hydrogens is 386 g/mol. The fourth-order valence-corrected chi connectivity index (χ4v) is 4.05. The van der Waals surface area contributed by atoms with Crippen LogP contribution in [-0.4, -0.2) is 20.3 Å². The summed E-state index contributed by atoms with van der Waals surface area (Å²) in [6, 6.07) is 24.2. The number of hydrogen-bond donors (Lipinski definition) is 1. The van der Waals surface area contributed by atoms with E-state index in [2.05, 4.69) is 5.32 Å². The highest BCUT2D eigenvalue weighted by atomic mass is 32.2. The van der Waals surface area contributed by atoms with Gasteiger partial charge in [-0.2, -0.15) is 0 Å². The maximum absolute atomic E-state index is 12.5. The third kappa shape index (κ3) is 5.45. The summed E-state index contributed by atoms with van der Waals surface area (Å²) in [5.74, 6) is -0.0108. The molecular formula is C23H23NO4S. The summed E-state index contributed by atoms with van der Waals surface area (Å²) in [6.45, 7) is 1.81. The van der Waals surface area contributed by atoms with E-state index in [1.54, 1.807) is 25.1 Å². The van der Waals surface area contributed by atoms with Crippen molar-refractivity contribution in [1.82, 2.24) is 5.32 Å². The number of carbonyl (C=O) groups is 1. The fourth-order valence-electron chi connectivity index (χ4n) is 2.93. The number of amides is 1. The third-order valence-electron chi connectivity index (χ3n) is 4.52. The molecule has 0 radical (unpaired) electrons. The molecule has 0 aliphatic rings. The lowest BCUT2D eigenvalue weighted by Crippen LogP contribution is -2.24. The Kier molecular flexibility index (Phi) is 6.67. The molecule has 3 aromatic rings. The lowest BCUT2D eigenvalue weighted by molar-refractivity contribution is 0.139. The van der Waals surface area contributed by atoms with Crippen molar-refractivity contribution in [2.24, 2.45) is 0 Å². The highest BCUT2D eigenvalue weighted by molar-refractivity contribution is 7.91. The molecule has 0 aromatic heterocycles. The second-order valence-corrected chi connectivity index (χ2v) is 8.75. The second-order valence-electron chi connectivity index (χ2n) is 6.51. The van der Waals surface area contributed by atoms with Gasteiger partial charge in [0.2, 0.25) is 0 Å². The number of sulfone groups is 1. The normalized spacial score (nSPS) is 11.1. The Morgan fingerprint density at radius 2 is 1.55 bits per heavy atom. The van der Waals surface area contributed by atoms with Gasteiger partial charge in [0.25, 0.3) is 0 Å². The molecule has 150 valence electrons. The van der Waals surface area contributed by atoms with Gasteiger partial charge in [-0.3, -0.25) is 0 Å². The van der Waals surface area contributed by atoms with Gasteiger partial charge in [0, 0.05) is 6.54 Å². The van der Waals surface area contributed by atoms with Gasteiger partial charge in [0.1, 0.15) is 6.61 Å². The Hall–Kier alpha value is -3.12. The Balaban J connectivity index is 1.77. The van der Waals surface area contributed by atoms with Crippen LogP contribution in [0.15, 0.2) is 83.8 Å². The van der Waals surface area contributed by atoms with Crippen molar-refractivity contribution >= 4 is 15.9 Å². The maximum Gasteiger partial charge on any atom is 0.407 e. The first kappa shape index (κ1) is 20.6. The molecule has 0 unspecified atom stereocenters. The molecule has 0 aliphatic heterocycles. The Morgan fingerprint density at radius 3 is 2.21 bits per heavy atom. The van der Waals surface area contributed by atoms with Gasteiger partial charge >= 0.3 is 6.09 Å². The zero-order chi connectivity index (χ0) is 20.7. The number of ether oxygens (including phenoxy) is 1. The summed E-state index contributed by atoms with van der Waals surface area (Å²) in [6.07, 6.45) is -0.598. The van der Waals surface area contributed by atoms with Crippen LogP contribution >= 0.6 is 0 Å². The molecule has 0 spiro atoms. The molecule has 0 bridgehead atoms. The predicted octanol–water partition coefficient (Wildman–Crippen LogP) is 4.57. The Bertz CT molecular complexity index is 1060. The largest absolute Gasteiger partial charge is 0.445 e. The van der Waals surface area contributed by atoms with Crippen LogP contribution in [0.25, 0.3) is 11.1 Å². The molecule has 0 saturated heterocycles. The van der Waals surface area contributed by atoms with Crippen LogP contribution in [0.5, 0.6) is 0 Å². The van der Waals surface area contributed by atoms with Crippen molar-refractivity contribution < 1.29 is 17.9 Å². The highest BCUT2D eigenvalue weighted by Crippen LogP contribution is 2.25. The van der Waals surface area contributed by atoms with Gasteiger partial charge in [-0.05, 0) is 34.4 Å². The molecule has 0 heterocycles. The van der Waals surface area contributed by atoms with Crippen LogP contribution in [0.1, 0.15) is 18.1 Å². The number of alkyl carbamates (subject to hydrolysis) is 1. The fraction of sp³-hybridized carbons (Fsp3) is 0.174. The lowest BCUT2D eigenvalue weighted by Gasteiger charge is -2.13. The molecule has 0 aliphatic carbocycles. The van der Waals surface area contributed by atoms with Crippen LogP contribution in [-0.2, 0) is 27.7 Å². The minimum atomic E-state index is -3.42. The summed E-state index contributed by atoms with van der Waals surface area (Å²) in [5, 5.41) is 2.66. The number of rotatable bonds is 7. The van der Waals surface area contributed by atoms with Crippen molar-refractivity contribution in [2.75, 3.05) is 5.75 Å².